The number of carbonyl (C=O) groups excluding carboxylic acids is 1. The highest BCUT2D eigenvalue weighted by atomic mass is 16.5. The van der Waals surface area contributed by atoms with Gasteiger partial charge in [0.15, 0.2) is 11.6 Å². The molecule has 0 fully saturated rings. The molecule has 1 amide bonds. The van der Waals surface area contributed by atoms with Gasteiger partial charge in [-0.2, -0.15) is 0 Å². The van der Waals surface area contributed by atoms with Gasteiger partial charge in [-0.05, 0) is 49.8 Å². The molecular weight excluding hydrogens is 280 g/mol. The lowest BCUT2D eigenvalue weighted by Gasteiger charge is -2.09. The Morgan fingerprint density at radius 2 is 2.00 bits per heavy atom. The molecule has 0 unspecified atom stereocenters. The van der Waals surface area contributed by atoms with Gasteiger partial charge in [0, 0.05) is 0 Å². The van der Waals surface area contributed by atoms with Gasteiger partial charge in [-0.1, -0.05) is 12.1 Å². The lowest BCUT2D eigenvalue weighted by molar-refractivity contribution is -0.115. The fraction of sp³-hybridized carbons (Fsp3) is 0.176. The van der Waals surface area contributed by atoms with Gasteiger partial charge in [-0.15, -0.1) is 0 Å². The van der Waals surface area contributed by atoms with Crippen LogP contribution in [0.4, 0.5) is 0 Å². The van der Waals surface area contributed by atoms with Crippen molar-refractivity contribution in [3.63, 3.8) is 0 Å². The second-order valence-corrected chi connectivity index (χ2v) is 5.16. The minimum atomic E-state index is -0.242. The fourth-order valence-electron chi connectivity index (χ4n) is 2.07. The molecular formula is C17H16N2O3. The number of nitrogens with zero attached hydrogens (tertiary/aromatic N) is 1. The van der Waals surface area contributed by atoms with Crippen molar-refractivity contribution < 1.29 is 13.9 Å². The van der Waals surface area contributed by atoms with Crippen molar-refractivity contribution in [1.82, 2.24) is 5.32 Å². The second-order valence-electron chi connectivity index (χ2n) is 5.16. The molecule has 0 radical (unpaired) electrons. The molecule has 2 aromatic rings. The van der Waals surface area contributed by atoms with Crippen LogP contribution in [0.5, 0.6) is 5.75 Å². The first-order chi connectivity index (χ1) is 10.6. The van der Waals surface area contributed by atoms with Gasteiger partial charge < -0.3 is 14.5 Å². The first-order valence-corrected chi connectivity index (χ1v) is 7.04. The Morgan fingerprint density at radius 1 is 1.23 bits per heavy atom. The standard InChI is InChI=1S/C17H16N2O3/c1-11(2)22-13-7-5-12(6-8-13)10-14-17(20)19-16(18-14)15-4-3-9-21-15/h3-11H,1-2H3,(H,18,19,20)/b14-10+. The minimum Gasteiger partial charge on any atom is -0.491 e. The average Bonchev–Trinajstić information content (AvgIpc) is 3.11. The molecule has 0 aliphatic carbocycles. The summed E-state index contributed by atoms with van der Waals surface area (Å²) < 4.78 is 10.8. The van der Waals surface area contributed by atoms with Gasteiger partial charge in [0.25, 0.3) is 5.91 Å². The highest BCUT2D eigenvalue weighted by Gasteiger charge is 2.22. The molecule has 0 saturated heterocycles. The van der Waals surface area contributed by atoms with Crippen LogP contribution in [0.1, 0.15) is 25.2 Å². The predicted molar refractivity (Wildman–Crippen MR) is 83.6 cm³/mol. The summed E-state index contributed by atoms with van der Waals surface area (Å²) in [6.45, 7) is 3.95. The molecule has 2 heterocycles. The Bertz CT molecular complexity index is 726. The van der Waals surface area contributed by atoms with Crippen LogP contribution in [0, 0.1) is 0 Å². The van der Waals surface area contributed by atoms with Crippen molar-refractivity contribution in [2.24, 2.45) is 4.99 Å². The summed E-state index contributed by atoms with van der Waals surface area (Å²) in [6, 6.07) is 11.0. The Kier molecular flexibility index (Phi) is 3.78. The van der Waals surface area contributed by atoms with Gasteiger partial charge in [-0.3, -0.25) is 4.79 Å². The molecule has 1 N–H and O–H groups in total. The van der Waals surface area contributed by atoms with E-state index < -0.39 is 0 Å². The van der Waals surface area contributed by atoms with E-state index in [-0.39, 0.29) is 12.0 Å². The average molecular weight is 296 g/mol. The van der Waals surface area contributed by atoms with E-state index in [9.17, 15) is 4.79 Å². The molecule has 5 nitrogen and oxygen atoms in total. The van der Waals surface area contributed by atoms with E-state index in [0.29, 0.717) is 17.3 Å². The van der Waals surface area contributed by atoms with E-state index in [2.05, 4.69) is 10.3 Å². The Balaban J connectivity index is 1.81. The molecule has 0 bridgehead atoms. The maximum atomic E-state index is 11.9. The third kappa shape index (κ3) is 3.09. The lowest BCUT2D eigenvalue weighted by atomic mass is 10.2. The Morgan fingerprint density at radius 3 is 2.64 bits per heavy atom. The number of hydrogen-bond acceptors (Lipinski definition) is 4. The summed E-state index contributed by atoms with van der Waals surface area (Å²) >= 11 is 0. The van der Waals surface area contributed by atoms with Crippen LogP contribution in [0.3, 0.4) is 0 Å². The van der Waals surface area contributed by atoms with Crippen LogP contribution in [-0.2, 0) is 4.79 Å². The highest BCUT2D eigenvalue weighted by molar-refractivity contribution is 6.18. The number of amidine groups is 1. The summed E-state index contributed by atoms with van der Waals surface area (Å²) in [5, 5.41) is 2.69. The highest BCUT2D eigenvalue weighted by Crippen LogP contribution is 2.18. The number of nitrogens with one attached hydrogen (secondary N) is 1. The monoisotopic (exact) mass is 296 g/mol. The number of aliphatic imine (C=N–C) groups is 1. The number of carbonyl (C=O) groups is 1. The predicted octanol–water partition coefficient (Wildman–Crippen LogP) is 2.98. The maximum absolute atomic E-state index is 11.9. The summed E-state index contributed by atoms with van der Waals surface area (Å²) in [5.41, 5.74) is 1.23. The summed E-state index contributed by atoms with van der Waals surface area (Å²) in [5.74, 6) is 1.53. The number of benzene rings is 1. The van der Waals surface area contributed by atoms with E-state index in [1.807, 2.05) is 38.1 Å². The van der Waals surface area contributed by atoms with Crippen molar-refractivity contribution >= 4 is 17.8 Å². The Hall–Kier alpha value is -2.82. The molecule has 1 aliphatic heterocycles. The fourth-order valence-corrected chi connectivity index (χ4v) is 2.07. The lowest BCUT2D eigenvalue weighted by Crippen LogP contribution is -2.24. The summed E-state index contributed by atoms with van der Waals surface area (Å²) in [4.78, 5) is 16.2. The number of furan rings is 1. The molecule has 0 spiro atoms. The normalized spacial score (nSPS) is 16.0. The van der Waals surface area contributed by atoms with Crippen molar-refractivity contribution in [2.45, 2.75) is 20.0 Å². The molecule has 1 aromatic carbocycles. The minimum absolute atomic E-state index is 0.130. The number of rotatable bonds is 4. The maximum Gasteiger partial charge on any atom is 0.275 e. The quantitative estimate of drug-likeness (QED) is 0.882. The molecule has 1 aromatic heterocycles. The van der Waals surface area contributed by atoms with Gasteiger partial charge >= 0.3 is 0 Å². The zero-order chi connectivity index (χ0) is 15.5. The van der Waals surface area contributed by atoms with Crippen LogP contribution in [-0.4, -0.2) is 17.8 Å². The first kappa shape index (κ1) is 14.1. The van der Waals surface area contributed by atoms with Crippen LogP contribution in [0.2, 0.25) is 0 Å². The molecule has 5 heteroatoms. The van der Waals surface area contributed by atoms with Crippen LogP contribution in [0.25, 0.3) is 6.08 Å². The molecule has 1 aliphatic rings. The first-order valence-electron chi connectivity index (χ1n) is 7.04. The second kappa shape index (κ2) is 5.89. The van der Waals surface area contributed by atoms with E-state index in [0.717, 1.165) is 11.3 Å². The number of ether oxygens (including phenoxy) is 1. The van der Waals surface area contributed by atoms with E-state index >= 15 is 0 Å². The Labute approximate surface area is 128 Å². The zero-order valence-electron chi connectivity index (χ0n) is 12.4. The van der Waals surface area contributed by atoms with Crippen molar-refractivity contribution in [1.29, 1.82) is 0 Å². The van der Waals surface area contributed by atoms with E-state index in [1.54, 1.807) is 24.5 Å². The van der Waals surface area contributed by atoms with Gasteiger partial charge in [0.1, 0.15) is 11.4 Å². The van der Waals surface area contributed by atoms with Gasteiger partial charge in [-0.25, -0.2) is 4.99 Å². The molecule has 112 valence electrons. The van der Waals surface area contributed by atoms with Crippen LogP contribution < -0.4 is 10.1 Å². The number of amides is 1. The van der Waals surface area contributed by atoms with E-state index in [1.165, 1.54) is 0 Å². The van der Waals surface area contributed by atoms with Gasteiger partial charge in [0.2, 0.25) is 0 Å². The molecule has 0 atom stereocenters. The largest absolute Gasteiger partial charge is 0.491 e. The van der Waals surface area contributed by atoms with Crippen LogP contribution in [0.15, 0.2) is 57.8 Å². The van der Waals surface area contributed by atoms with Crippen LogP contribution >= 0.6 is 0 Å². The van der Waals surface area contributed by atoms with Gasteiger partial charge in [0.05, 0.1) is 12.4 Å². The molecule has 22 heavy (non-hydrogen) atoms. The van der Waals surface area contributed by atoms with Crippen molar-refractivity contribution in [3.8, 4) is 5.75 Å². The smallest absolute Gasteiger partial charge is 0.275 e. The van der Waals surface area contributed by atoms with Crippen molar-refractivity contribution in [3.05, 3.63) is 59.7 Å². The SMILES string of the molecule is CC(C)Oc1ccc(/C=C2/N=C(c3ccco3)NC2=O)cc1. The third-order valence-electron chi connectivity index (χ3n) is 3.01. The van der Waals surface area contributed by atoms with E-state index in [4.69, 9.17) is 9.15 Å². The molecule has 0 saturated carbocycles. The third-order valence-corrected chi connectivity index (χ3v) is 3.01. The zero-order valence-corrected chi connectivity index (χ0v) is 12.4. The molecule has 3 rings (SSSR count). The summed E-state index contributed by atoms with van der Waals surface area (Å²) in [6.07, 6.45) is 3.40. The summed E-state index contributed by atoms with van der Waals surface area (Å²) in [7, 11) is 0. The van der Waals surface area contributed by atoms with Crippen molar-refractivity contribution in [2.75, 3.05) is 0 Å². The topological polar surface area (TPSA) is 63.8 Å². The number of hydrogen-bond donors (Lipinski definition) is 1.